The van der Waals surface area contributed by atoms with Gasteiger partial charge in [0, 0.05) is 47.8 Å². The zero-order valence-electron chi connectivity index (χ0n) is 12.8. The van der Waals surface area contributed by atoms with Crippen molar-refractivity contribution < 1.29 is 4.79 Å². The van der Waals surface area contributed by atoms with E-state index in [1.54, 1.807) is 0 Å². The van der Waals surface area contributed by atoms with Crippen molar-refractivity contribution >= 4 is 22.6 Å². The Hall–Kier alpha value is -2.01. The number of carbonyl (C=O) groups is 1. The largest absolute Gasteiger partial charge is 0.358 e. The SMILES string of the molecule is CC(C)NC(=O)Nc1ccc2[nH]c3c(c2c1)CN(C)CC3. The normalized spacial score (nSPS) is 15.2. The highest BCUT2D eigenvalue weighted by Gasteiger charge is 2.18. The average Bonchev–Trinajstić information content (AvgIpc) is 2.75. The third-order valence-corrected chi connectivity index (χ3v) is 3.84. The van der Waals surface area contributed by atoms with Gasteiger partial charge in [-0.05, 0) is 44.7 Å². The van der Waals surface area contributed by atoms with Crippen molar-refractivity contribution in [3.05, 3.63) is 29.5 Å². The van der Waals surface area contributed by atoms with Gasteiger partial charge in [-0.2, -0.15) is 0 Å². The topological polar surface area (TPSA) is 60.2 Å². The number of aromatic amines is 1. The number of anilines is 1. The number of hydrogen-bond acceptors (Lipinski definition) is 2. The van der Waals surface area contributed by atoms with Crippen LogP contribution in [0.25, 0.3) is 10.9 Å². The van der Waals surface area contributed by atoms with Gasteiger partial charge in [0.1, 0.15) is 0 Å². The van der Waals surface area contributed by atoms with Crippen molar-refractivity contribution in [3.8, 4) is 0 Å². The second-order valence-corrected chi connectivity index (χ2v) is 6.08. The summed E-state index contributed by atoms with van der Waals surface area (Å²) in [5.41, 5.74) is 4.65. The van der Waals surface area contributed by atoms with Crippen LogP contribution in [0.4, 0.5) is 10.5 Å². The third-order valence-electron chi connectivity index (χ3n) is 3.84. The van der Waals surface area contributed by atoms with E-state index in [0.717, 1.165) is 30.7 Å². The van der Waals surface area contributed by atoms with Crippen LogP contribution < -0.4 is 10.6 Å². The molecule has 1 aliphatic heterocycles. The first-order valence-corrected chi connectivity index (χ1v) is 7.42. The molecule has 0 aliphatic carbocycles. The summed E-state index contributed by atoms with van der Waals surface area (Å²) in [7, 11) is 2.14. The summed E-state index contributed by atoms with van der Waals surface area (Å²) in [5.74, 6) is 0. The summed E-state index contributed by atoms with van der Waals surface area (Å²) in [5, 5.41) is 6.94. The molecule has 0 radical (unpaired) electrons. The van der Waals surface area contributed by atoms with Crippen LogP contribution in [-0.4, -0.2) is 35.5 Å². The van der Waals surface area contributed by atoms with Gasteiger partial charge in [-0.3, -0.25) is 0 Å². The minimum atomic E-state index is -0.161. The molecule has 2 amide bonds. The molecule has 0 bridgehead atoms. The molecule has 21 heavy (non-hydrogen) atoms. The number of aromatic nitrogens is 1. The highest BCUT2D eigenvalue weighted by Crippen LogP contribution is 2.29. The second-order valence-electron chi connectivity index (χ2n) is 6.08. The summed E-state index contributed by atoms with van der Waals surface area (Å²) in [4.78, 5) is 17.6. The van der Waals surface area contributed by atoms with E-state index < -0.39 is 0 Å². The number of H-pyrrole nitrogens is 1. The summed E-state index contributed by atoms with van der Waals surface area (Å²) >= 11 is 0. The number of carbonyl (C=O) groups excluding carboxylic acids is 1. The van der Waals surface area contributed by atoms with E-state index in [2.05, 4.69) is 33.6 Å². The number of fused-ring (bicyclic) bond motifs is 3. The molecule has 1 aromatic carbocycles. The standard InChI is InChI=1S/C16H22N4O/c1-10(2)17-16(21)18-11-4-5-14-12(8-11)13-9-20(3)7-6-15(13)19-14/h4-5,8,10,19H,6-7,9H2,1-3H3,(H2,17,18,21). The maximum absolute atomic E-state index is 11.8. The quantitative estimate of drug-likeness (QED) is 0.795. The third kappa shape index (κ3) is 2.88. The molecule has 0 unspecified atom stereocenters. The number of amides is 2. The number of urea groups is 1. The first kappa shape index (κ1) is 13.9. The Labute approximate surface area is 124 Å². The first-order valence-electron chi connectivity index (χ1n) is 7.42. The predicted molar refractivity (Wildman–Crippen MR) is 85.6 cm³/mol. The van der Waals surface area contributed by atoms with Crippen LogP contribution in [0.1, 0.15) is 25.1 Å². The summed E-state index contributed by atoms with van der Waals surface area (Å²) in [6.07, 6.45) is 1.05. The average molecular weight is 286 g/mol. The molecule has 2 aromatic rings. The molecule has 0 saturated carbocycles. The van der Waals surface area contributed by atoms with Crippen LogP contribution in [0.2, 0.25) is 0 Å². The van der Waals surface area contributed by atoms with E-state index in [9.17, 15) is 4.79 Å². The predicted octanol–water partition coefficient (Wildman–Crippen LogP) is 2.69. The maximum Gasteiger partial charge on any atom is 0.319 e. The Kier molecular flexibility index (Phi) is 3.59. The van der Waals surface area contributed by atoms with Gasteiger partial charge < -0.3 is 20.5 Å². The fraction of sp³-hybridized carbons (Fsp3) is 0.438. The lowest BCUT2D eigenvalue weighted by Gasteiger charge is -2.22. The number of benzene rings is 1. The molecule has 5 heteroatoms. The van der Waals surface area contributed by atoms with Crippen molar-refractivity contribution in [3.63, 3.8) is 0 Å². The molecule has 2 heterocycles. The van der Waals surface area contributed by atoms with E-state index in [-0.39, 0.29) is 12.1 Å². The van der Waals surface area contributed by atoms with Gasteiger partial charge in [-0.1, -0.05) is 0 Å². The maximum atomic E-state index is 11.8. The highest BCUT2D eigenvalue weighted by atomic mass is 16.2. The van der Waals surface area contributed by atoms with E-state index >= 15 is 0 Å². The first-order chi connectivity index (χ1) is 10.0. The molecule has 112 valence electrons. The van der Waals surface area contributed by atoms with Crippen LogP contribution >= 0.6 is 0 Å². The van der Waals surface area contributed by atoms with Gasteiger partial charge in [0.2, 0.25) is 0 Å². The fourth-order valence-electron chi connectivity index (χ4n) is 2.86. The lowest BCUT2D eigenvalue weighted by molar-refractivity contribution is 0.250. The van der Waals surface area contributed by atoms with E-state index in [1.165, 1.54) is 16.6 Å². The van der Waals surface area contributed by atoms with Crippen molar-refractivity contribution in [2.24, 2.45) is 0 Å². The molecule has 0 fully saturated rings. The van der Waals surface area contributed by atoms with Gasteiger partial charge in [0.25, 0.3) is 0 Å². The zero-order chi connectivity index (χ0) is 15.0. The summed E-state index contributed by atoms with van der Waals surface area (Å²) < 4.78 is 0. The lowest BCUT2D eigenvalue weighted by atomic mass is 10.0. The number of rotatable bonds is 2. The van der Waals surface area contributed by atoms with Crippen LogP contribution in [0, 0.1) is 0 Å². The van der Waals surface area contributed by atoms with E-state index in [1.807, 2.05) is 26.0 Å². The fourth-order valence-corrected chi connectivity index (χ4v) is 2.86. The van der Waals surface area contributed by atoms with Crippen molar-refractivity contribution in [1.82, 2.24) is 15.2 Å². The smallest absolute Gasteiger partial charge is 0.319 e. The Balaban J connectivity index is 1.89. The van der Waals surface area contributed by atoms with Gasteiger partial charge in [0.05, 0.1) is 0 Å². The van der Waals surface area contributed by atoms with Gasteiger partial charge in [-0.25, -0.2) is 4.79 Å². The molecule has 0 atom stereocenters. The number of hydrogen-bond donors (Lipinski definition) is 3. The number of nitrogens with one attached hydrogen (secondary N) is 3. The number of likely N-dealkylation sites (N-methyl/N-ethyl adjacent to an activating group) is 1. The van der Waals surface area contributed by atoms with Crippen LogP contribution in [0.15, 0.2) is 18.2 Å². The molecular formula is C16H22N4O. The van der Waals surface area contributed by atoms with E-state index in [4.69, 9.17) is 0 Å². The molecule has 5 nitrogen and oxygen atoms in total. The molecule has 3 rings (SSSR count). The molecular weight excluding hydrogens is 264 g/mol. The molecule has 3 N–H and O–H groups in total. The second kappa shape index (κ2) is 5.41. The molecule has 1 aliphatic rings. The monoisotopic (exact) mass is 286 g/mol. The zero-order valence-corrected chi connectivity index (χ0v) is 12.8. The van der Waals surface area contributed by atoms with E-state index in [0.29, 0.717) is 0 Å². The minimum absolute atomic E-state index is 0.127. The van der Waals surface area contributed by atoms with Crippen LogP contribution in [-0.2, 0) is 13.0 Å². The van der Waals surface area contributed by atoms with Crippen molar-refractivity contribution in [1.29, 1.82) is 0 Å². The Morgan fingerprint density at radius 2 is 2.19 bits per heavy atom. The van der Waals surface area contributed by atoms with Gasteiger partial charge >= 0.3 is 6.03 Å². The Morgan fingerprint density at radius 3 is 2.95 bits per heavy atom. The molecule has 1 aromatic heterocycles. The highest BCUT2D eigenvalue weighted by molar-refractivity contribution is 5.94. The Morgan fingerprint density at radius 1 is 1.38 bits per heavy atom. The number of nitrogens with zero attached hydrogens (tertiary/aromatic N) is 1. The van der Waals surface area contributed by atoms with Gasteiger partial charge in [-0.15, -0.1) is 0 Å². The summed E-state index contributed by atoms with van der Waals surface area (Å²) in [6.45, 7) is 5.93. The van der Waals surface area contributed by atoms with Crippen LogP contribution in [0.3, 0.4) is 0 Å². The Bertz CT molecular complexity index is 674. The minimum Gasteiger partial charge on any atom is -0.358 e. The van der Waals surface area contributed by atoms with Crippen molar-refractivity contribution in [2.75, 3.05) is 18.9 Å². The lowest BCUT2D eigenvalue weighted by Crippen LogP contribution is -2.34. The van der Waals surface area contributed by atoms with Gasteiger partial charge in [0.15, 0.2) is 0 Å². The van der Waals surface area contributed by atoms with Crippen molar-refractivity contribution in [2.45, 2.75) is 32.9 Å². The summed E-state index contributed by atoms with van der Waals surface area (Å²) in [6, 6.07) is 6.00. The van der Waals surface area contributed by atoms with Crippen LogP contribution in [0.5, 0.6) is 0 Å². The molecule has 0 saturated heterocycles. The molecule has 0 spiro atoms.